The molecular weight excluding hydrogens is 224 g/mol. The summed E-state index contributed by atoms with van der Waals surface area (Å²) in [4.78, 5) is 12.7. The Hall–Kier alpha value is -1.42. The molecule has 1 aliphatic rings. The van der Waals surface area contributed by atoms with E-state index in [9.17, 15) is 0 Å². The van der Waals surface area contributed by atoms with Crippen LogP contribution in [0.2, 0.25) is 0 Å². The third-order valence-corrected chi connectivity index (χ3v) is 3.86. The van der Waals surface area contributed by atoms with Crippen molar-refractivity contribution >= 4 is 11.2 Å². The largest absolute Gasteiger partial charge is 0.339 e. The van der Waals surface area contributed by atoms with Crippen molar-refractivity contribution in [3.8, 4) is 0 Å². The van der Waals surface area contributed by atoms with Crippen molar-refractivity contribution in [1.29, 1.82) is 0 Å². The van der Waals surface area contributed by atoms with Gasteiger partial charge in [0.25, 0.3) is 0 Å². The summed E-state index contributed by atoms with van der Waals surface area (Å²) in [5.74, 6) is 1.06. The molecule has 3 rings (SSSR count). The lowest BCUT2D eigenvalue weighted by atomic mass is 9.91. The summed E-state index contributed by atoms with van der Waals surface area (Å²) < 4.78 is 0. The maximum absolute atomic E-state index is 4.72. The second kappa shape index (κ2) is 4.35. The molecule has 0 aromatic carbocycles. The highest BCUT2D eigenvalue weighted by Crippen LogP contribution is 2.34. The summed E-state index contributed by atoms with van der Waals surface area (Å²) in [6.07, 6.45) is 4.69. The lowest BCUT2D eigenvalue weighted by molar-refractivity contribution is 0.338. The van der Waals surface area contributed by atoms with Crippen LogP contribution < -0.4 is 5.32 Å². The Kier molecular flexibility index (Phi) is 2.82. The molecule has 0 radical (unpaired) electrons. The minimum absolute atomic E-state index is 0.0450. The molecule has 0 spiro atoms. The van der Waals surface area contributed by atoms with Crippen molar-refractivity contribution in [2.45, 2.75) is 45.1 Å². The molecule has 2 aromatic heterocycles. The number of aromatic amines is 1. The first-order valence-corrected chi connectivity index (χ1v) is 6.82. The highest BCUT2D eigenvalue weighted by atomic mass is 15.1. The van der Waals surface area contributed by atoms with Crippen LogP contribution in [-0.4, -0.2) is 21.5 Å². The second-order valence-electron chi connectivity index (χ2n) is 5.27. The van der Waals surface area contributed by atoms with Crippen molar-refractivity contribution in [3.63, 3.8) is 0 Å². The molecule has 4 nitrogen and oxygen atoms in total. The normalized spacial score (nSPS) is 23.9. The molecule has 1 saturated heterocycles. The van der Waals surface area contributed by atoms with Gasteiger partial charge in [0.05, 0.1) is 11.1 Å². The molecular formula is C14H20N4. The molecule has 3 heterocycles. The SMILES string of the molecule is CCCC1(c2nc3nc(C)ccc3[nH]2)CCCN1. The summed E-state index contributed by atoms with van der Waals surface area (Å²) >= 11 is 0. The Morgan fingerprint density at radius 2 is 2.22 bits per heavy atom. The fourth-order valence-electron chi connectivity index (χ4n) is 2.98. The minimum atomic E-state index is 0.0450. The average molecular weight is 244 g/mol. The van der Waals surface area contributed by atoms with E-state index in [1.165, 1.54) is 12.8 Å². The zero-order valence-electron chi connectivity index (χ0n) is 11.1. The molecule has 1 fully saturated rings. The molecule has 18 heavy (non-hydrogen) atoms. The van der Waals surface area contributed by atoms with Crippen molar-refractivity contribution in [3.05, 3.63) is 23.7 Å². The zero-order chi connectivity index (χ0) is 12.6. The standard InChI is InChI=1S/C14H20N4/c1-3-7-14(8-4-9-15-14)13-17-11-6-5-10(2)16-12(11)18-13/h5-6,15H,3-4,7-9H2,1-2H3,(H,16,17,18). The van der Waals surface area contributed by atoms with Crippen LogP contribution in [0.15, 0.2) is 12.1 Å². The van der Waals surface area contributed by atoms with Crippen LogP contribution in [-0.2, 0) is 5.54 Å². The fourth-order valence-corrected chi connectivity index (χ4v) is 2.98. The molecule has 4 heteroatoms. The average Bonchev–Trinajstić information content (AvgIpc) is 2.95. The summed E-state index contributed by atoms with van der Waals surface area (Å²) in [5.41, 5.74) is 2.95. The van der Waals surface area contributed by atoms with Gasteiger partial charge in [-0.05, 0) is 44.9 Å². The number of imidazole rings is 1. The Morgan fingerprint density at radius 3 is 2.94 bits per heavy atom. The van der Waals surface area contributed by atoms with Gasteiger partial charge in [-0.25, -0.2) is 9.97 Å². The smallest absolute Gasteiger partial charge is 0.178 e. The maximum Gasteiger partial charge on any atom is 0.178 e. The molecule has 1 atom stereocenters. The van der Waals surface area contributed by atoms with Crippen molar-refractivity contribution in [1.82, 2.24) is 20.3 Å². The Morgan fingerprint density at radius 1 is 1.33 bits per heavy atom. The van der Waals surface area contributed by atoms with Crippen molar-refractivity contribution in [2.75, 3.05) is 6.54 Å². The summed E-state index contributed by atoms with van der Waals surface area (Å²) in [6, 6.07) is 4.10. The molecule has 1 aliphatic heterocycles. The molecule has 0 amide bonds. The van der Waals surface area contributed by atoms with Crippen LogP contribution in [0.1, 0.15) is 44.1 Å². The zero-order valence-corrected chi connectivity index (χ0v) is 11.1. The number of fused-ring (bicyclic) bond motifs is 1. The lowest BCUT2D eigenvalue weighted by Crippen LogP contribution is -2.37. The van der Waals surface area contributed by atoms with Crippen LogP contribution in [0.3, 0.4) is 0 Å². The number of hydrogen-bond donors (Lipinski definition) is 2. The van der Waals surface area contributed by atoms with Crippen LogP contribution in [0.4, 0.5) is 0 Å². The maximum atomic E-state index is 4.72. The third kappa shape index (κ3) is 1.81. The number of nitrogens with zero attached hydrogens (tertiary/aromatic N) is 2. The molecule has 2 N–H and O–H groups in total. The van der Waals surface area contributed by atoms with E-state index in [2.05, 4.69) is 28.3 Å². The molecule has 96 valence electrons. The van der Waals surface area contributed by atoms with Crippen LogP contribution in [0.5, 0.6) is 0 Å². The Balaban J connectivity index is 2.06. The van der Waals surface area contributed by atoms with Gasteiger partial charge >= 0.3 is 0 Å². The molecule has 0 aliphatic carbocycles. The van der Waals surface area contributed by atoms with Crippen molar-refractivity contribution < 1.29 is 0 Å². The first-order valence-electron chi connectivity index (χ1n) is 6.82. The monoisotopic (exact) mass is 244 g/mol. The molecule has 0 saturated carbocycles. The van der Waals surface area contributed by atoms with E-state index in [4.69, 9.17) is 4.98 Å². The quantitative estimate of drug-likeness (QED) is 0.872. The van der Waals surface area contributed by atoms with Gasteiger partial charge in [0.2, 0.25) is 0 Å². The molecule has 0 bridgehead atoms. The predicted octanol–water partition coefficient (Wildman–Crippen LogP) is 2.65. The fraction of sp³-hybridized carbons (Fsp3) is 0.571. The van der Waals surface area contributed by atoms with Gasteiger partial charge in [0, 0.05) is 5.69 Å². The summed E-state index contributed by atoms with van der Waals surface area (Å²) in [7, 11) is 0. The van der Waals surface area contributed by atoms with Gasteiger partial charge in [0.1, 0.15) is 5.82 Å². The van der Waals surface area contributed by atoms with Crippen LogP contribution in [0, 0.1) is 6.92 Å². The molecule has 1 unspecified atom stereocenters. The third-order valence-electron chi connectivity index (χ3n) is 3.86. The minimum Gasteiger partial charge on any atom is -0.339 e. The van der Waals surface area contributed by atoms with E-state index in [-0.39, 0.29) is 5.54 Å². The van der Waals surface area contributed by atoms with Gasteiger partial charge in [-0.2, -0.15) is 0 Å². The van der Waals surface area contributed by atoms with Crippen LogP contribution in [0.25, 0.3) is 11.2 Å². The van der Waals surface area contributed by atoms with Gasteiger partial charge in [-0.1, -0.05) is 13.3 Å². The predicted molar refractivity (Wildman–Crippen MR) is 72.4 cm³/mol. The van der Waals surface area contributed by atoms with Gasteiger partial charge in [-0.3, -0.25) is 0 Å². The van der Waals surface area contributed by atoms with E-state index >= 15 is 0 Å². The summed E-state index contributed by atoms with van der Waals surface area (Å²) in [5, 5.41) is 3.64. The number of nitrogens with one attached hydrogen (secondary N) is 2. The van der Waals surface area contributed by atoms with Crippen molar-refractivity contribution in [2.24, 2.45) is 0 Å². The van der Waals surface area contributed by atoms with E-state index in [1.54, 1.807) is 0 Å². The first kappa shape index (κ1) is 11.7. The Labute approximate surface area is 107 Å². The Bertz CT molecular complexity index is 552. The number of rotatable bonds is 3. The first-order chi connectivity index (χ1) is 8.73. The number of hydrogen-bond acceptors (Lipinski definition) is 3. The van der Waals surface area contributed by atoms with Gasteiger partial charge in [0.15, 0.2) is 5.65 Å². The topological polar surface area (TPSA) is 53.6 Å². The van der Waals surface area contributed by atoms with E-state index in [1.807, 2.05) is 13.0 Å². The van der Waals surface area contributed by atoms with Gasteiger partial charge < -0.3 is 10.3 Å². The van der Waals surface area contributed by atoms with Crippen LogP contribution >= 0.6 is 0 Å². The second-order valence-corrected chi connectivity index (χ2v) is 5.27. The number of pyridine rings is 1. The van der Waals surface area contributed by atoms with E-state index in [0.29, 0.717) is 0 Å². The summed E-state index contributed by atoms with van der Waals surface area (Å²) in [6.45, 7) is 5.32. The van der Waals surface area contributed by atoms with E-state index in [0.717, 1.165) is 42.1 Å². The highest BCUT2D eigenvalue weighted by Gasteiger charge is 2.37. The lowest BCUT2D eigenvalue weighted by Gasteiger charge is -2.26. The number of aromatic nitrogens is 3. The number of H-pyrrole nitrogens is 1. The highest BCUT2D eigenvalue weighted by molar-refractivity contribution is 5.70. The van der Waals surface area contributed by atoms with E-state index < -0.39 is 0 Å². The van der Waals surface area contributed by atoms with Gasteiger partial charge in [-0.15, -0.1) is 0 Å². The number of aryl methyl sites for hydroxylation is 1. The molecule has 2 aromatic rings.